The Bertz CT molecular complexity index is 910. The zero-order chi connectivity index (χ0) is 18.9. The number of fused-ring (bicyclic) bond motifs is 1. The van der Waals surface area contributed by atoms with E-state index >= 15 is 0 Å². The van der Waals surface area contributed by atoms with Crippen molar-refractivity contribution in [2.45, 2.75) is 39.8 Å². The van der Waals surface area contributed by atoms with Crippen LogP contribution in [0.4, 0.5) is 4.79 Å². The van der Waals surface area contributed by atoms with E-state index < -0.39 is 5.60 Å². The summed E-state index contributed by atoms with van der Waals surface area (Å²) in [6, 6.07) is 5.72. The van der Waals surface area contributed by atoms with Crippen molar-refractivity contribution in [2.24, 2.45) is 0 Å². The predicted molar refractivity (Wildman–Crippen MR) is 101 cm³/mol. The van der Waals surface area contributed by atoms with Crippen LogP contribution in [0, 0.1) is 6.92 Å². The van der Waals surface area contributed by atoms with E-state index in [1.165, 1.54) is 11.3 Å². The van der Waals surface area contributed by atoms with Gasteiger partial charge in [-0.05, 0) is 33.8 Å². The first-order valence-electron chi connectivity index (χ1n) is 8.26. The van der Waals surface area contributed by atoms with Gasteiger partial charge >= 0.3 is 6.09 Å². The number of furan rings is 1. The SMILES string of the molecule is Cc1oc2c(Oc3cncs3)cccc2c1CN(C)C(=O)OC(C)(C)C. The molecule has 7 heteroatoms. The van der Waals surface area contributed by atoms with Gasteiger partial charge in [0.25, 0.3) is 0 Å². The molecule has 0 unspecified atom stereocenters. The monoisotopic (exact) mass is 374 g/mol. The van der Waals surface area contributed by atoms with Crippen LogP contribution in [0.3, 0.4) is 0 Å². The van der Waals surface area contributed by atoms with E-state index in [4.69, 9.17) is 13.9 Å². The molecule has 0 saturated carbocycles. The zero-order valence-corrected chi connectivity index (χ0v) is 16.3. The lowest BCUT2D eigenvalue weighted by Crippen LogP contribution is -2.33. The first-order valence-corrected chi connectivity index (χ1v) is 9.14. The number of aryl methyl sites for hydroxylation is 1. The first kappa shape index (κ1) is 18.3. The number of thiazole rings is 1. The number of hydrogen-bond acceptors (Lipinski definition) is 6. The molecule has 3 rings (SSSR count). The summed E-state index contributed by atoms with van der Waals surface area (Å²) in [7, 11) is 1.71. The summed E-state index contributed by atoms with van der Waals surface area (Å²) in [6.45, 7) is 7.81. The van der Waals surface area contributed by atoms with Crippen molar-refractivity contribution in [3.8, 4) is 10.8 Å². The third-order valence-corrected chi connectivity index (χ3v) is 4.35. The summed E-state index contributed by atoms with van der Waals surface area (Å²) in [6.07, 6.45) is 1.29. The lowest BCUT2D eigenvalue weighted by molar-refractivity contribution is 0.0285. The van der Waals surface area contributed by atoms with Crippen LogP contribution in [0.2, 0.25) is 0 Å². The van der Waals surface area contributed by atoms with Crippen LogP contribution >= 0.6 is 11.3 Å². The number of hydrogen-bond donors (Lipinski definition) is 0. The molecule has 0 spiro atoms. The molecule has 0 N–H and O–H groups in total. The van der Waals surface area contributed by atoms with Crippen molar-refractivity contribution < 1.29 is 18.7 Å². The van der Waals surface area contributed by atoms with Crippen LogP contribution in [0.5, 0.6) is 10.8 Å². The average molecular weight is 374 g/mol. The molecule has 1 aromatic carbocycles. The Labute approximate surface area is 156 Å². The summed E-state index contributed by atoms with van der Waals surface area (Å²) in [5.41, 5.74) is 2.77. The van der Waals surface area contributed by atoms with E-state index in [1.54, 1.807) is 23.7 Å². The highest BCUT2D eigenvalue weighted by atomic mass is 32.1. The second kappa shape index (κ2) is 6.99. The van der Waals surface area contributed by atoms with Gasteiger partial charge in [0.1, 0.15) is 11.4 Å². The molecule has 0 radical (unpaired) electrons. The van der Waals surface area contributed by atoms with Gasteiger partial charge in [0.05, 0.1) is 18.3 Å². The highest BCUT2D eigenvalue weighted by Gasteiger charge is 2.22. The van der Waals surface area contributed by atoms with Gasteiger partial charge in [-0.25, -0.2) is 9.78 Å². The molecule has 26 heavy (non-hydrogen) atoms. The zero-order valence-electron chi connectivity index (χ0n) is 15.5. The van der Waals surface area contributed by atoms with Crippen LogP contribution < -0.4 is 4.74 Å². The molecule has 3 aromatic rings. The van der Waals surface area contributed by atoms with E-state index in [0.717, 1.165) is 16.7 Å². The topological polar surface area (TPSA) is 64.8 Å². The molecule has 0 bridgehead atoms. The largest absolute Gasteiger partial charge is 0.457 e. The molecule has 6 nitrogen and oxygen atoms in total. The molecule has 1 amide bonds. The fraction of sp³-hybridized carbons (Fsp3) is 0.368. The number of carbonyl (C=O) groups is 1. The second-order valence-electron chi connectivity index (χ2n) is 7.03. The van der Waals surface area contributed by atoms with Crippen molar-refractivity contribution in [3.63, 3.8) is 0 Å². The molecule has 138 valence electrons. The number of nitrogens with zero attached hydrogens (tertiary/aromatic N) is 2. The van der Waals surface area contributed by atoms with Crippen LogP contribution in [-0.2, 0) is 11.3 Å². The van der Waals surface area contributed by atoms with E-state index in [-0.39, 0.29) is 6.09 Å². The normalized spacial score (nSPS) is 11.6. The molecular formula is C19H22N2O4S. The Morgan fingerprint density at radius 1 is 1.35 bits per heavy atom. The number of benzene rings is 1. The van der Waals surface area contributed by atoms with Crippen molar-refractivity contribution in [1.29, 1.82) is 0 Å². The fourth-order valence-corrected chi connectivity index (χ4v) is 3.03. The summed E-state index contributed by atoms with van der Waals surface area (Å²) < 4.78 is 17.2. The molecule has 0 atom stereocenters. The number of para-hydroxylation sites is 1. The Balaban J connectivity index is 1.87. The number of ether oxygens (including phenoxy) is 2. The van der Waals surface area contributed by atoms with E-state index in [1.807, 2.05) is 45.9 Å². The average Bonchev–Trinajstić information content (AvgIpc) is 3.15. The molecular weight excluding hydrogens is 352 g/mol. The third kappa shape index (κ3) is 3.99. The minimum Gasteiger partial charge on any atom is -0.457 e. The van der Waals surface area contributed by atoms with Crippen molar-refractivity contribution in [2.75, 3.05) is 7.05 Å². The fourth-order valence-electron chi connectivity index (χ4n) is 2.54. The smallest absolute Gasteiger partial charge is 0.410 e. The van der Waals surface area contributed by atoms with Crippen LogP contribution in [0.1, 0.15) is 32.1 Å². The van der Waals surface area contributed by atoms with E-state index in [2.05, 4.69) is 4.98 Å². The number of aromatic nitrogens is 1. The maximum absolute atomic E-state index is 12.3. The number of rotatable bonds is 4. The van der Waals surface area contributed by atoms with Gasteiger partial charge in [-0.2, -0.15) is 0 Å². The van der Waals surface area contributed by atoms with Gasteiger partial charge in [-0.1, -0.05) is 23.5 Å². The maximum atomic E-state index is 12.3. The quantitative estimate of drug-likeness (QED) is 0.615. The molecule has 2 aromatic heterocycles. The van der Waals surface area contributed by atoms with Crippen LogP contribution in [0.15, 0.2) is 34.3 Å². The van der Waals surface area contributed by atoms with E-state index in [9.17, 15) is 4.79 Å². The Morgan fingerprint density at radius 2 is 2.12 bits per heavy atom. The molecule has 2 heterocycles. The van der Waals surface area contributed by atoms with Gasteiger partial charge in [-0.3, -0.25) is 0 Å². The molecule has 0 aliphatic rings. The number of amides is 1. The number of carbonyl (C=O) groups excluding carboxylic acids is 1. The lowest BCUT2D eigenvalue weighted by Gasteiger charge is -2.24. The van der Waals surface area contributed by atoms with Gasteiger partial charge in [0.15, 0.2) is 11.3 Å². The minimum atomic E-state index is -0.533. The predicted octanol–water partition coefficient (Wildman–Crippen LogP) is 5.36. The second-order valence-corrected chi connectivity index (χ2v) is 7.88. The Morgan fingerprint density at radius 3 is 2.77 bits per heavy atom. The van der Waals surface area contributed by atoms with Gasteiger partial charge < -0.3 is 18.8 Å². The van der Waals surface area contributed by atoms with Crippen LogP contribution in [-0.4, -0.2) is 28.6 Å². The first-order chi connectivity index (χ1) is 12.2. The van der Waals surface area contributed by atoms with Crippen molar-refractivity contribution in [3.05, 3.63) is 41.2 Å². The van der Waals surface area contributed by atoms with Gasteiger partial charge in [-0.15, -0.1) is 0 Å². The van der Waals surface area contributed by atoms with Crippen LogP contribution in [0.25, 0.3) is 11.0 Å². The molecule has 0 saturated heterocycles. The lowest BCUT2D eigenvalue weighted by atomic mass is 10.1. The minimum absolute atomic E-state index is 0.372. The van der Waals surface area contributed by atoms with Crippen molar-refractivity contribution >= 4 is 28.4 Å². The molecule has 0 aliphatic heterocycles. The molecule has 0 fully saturated rings. The maximum Gasteiger partial charge on any atom is 0.410 e. The summed E-state index contributed by atoms with van der Waals surface area (Å²) in [5.74, 6) is 1.37. The highest BCUT2D eigenvalue weighted by molar-refractivity contribution is 7.11. The Kier molecular flexibility index (Phi) is 4.91. The van der Waals surface area contributed by atoms with E-state index in [0.29, 0.717) is 22.9 Å². The standard InChI is InChI=1S/C19H22N2O4S/c1-12-14(10-21(5)18(22)25-19(2,3)4)13-7-6-8-15(17(13)23-12)24-16-9-20-11-26-16/h6-9,11H,10H2,1-5H3. The van der Waals surface area contributed by atoms with Gasteiger partial charge in [0, 0.05) is 18.0 Å². The summed E-state index contributed by atoms with van der Waals surface area (Å²) in [5, 5.41) is 1.61. The third-order valence-electron chi connectivity index (χ3n) is 3.70. The van der Waals surface area contributed by atoms with Crippen molar-refractivity contribution in [1.82, 2.24) is 9.88 Å². The summed E-state index contributed by atoms with van der Waals surface area (Å²) in [4.78, 5) is 17.8. The summed E-state index contributed by atoms with van der Waals surface area (Å²) >= 11 is 1.41. The highest BCUT2D eigenvalue weighted by Crippen LogP contribution is 2.36. The Hall–Kier alpha value is -2.54. The molecule has 0 aliphatic carbocycles. The van der Waals surface area contributed by atoms with Gasteiger partial charge in [0.2, 0.25) is 5.06 Å².